The van der Waals surface area contributed by atoms with Gasteiger partial charge in [-0.15, -0.1) is 0 Å². The maximum Gasteiger partial charge on any atom is 0.326 e. The van der Waals surface area contributed by atoms with Gasteiger partial charge in [0.15, 0.2) is 0 Å². The highest BCUT2D eigenvalue weighted by Gasteiger charge is 2.38. The molecular formula is C30H47N5O6S. The van der Waals surface area contributed by atoms with E-state index in [9.17, 15) is 29.1 Å². The van der Waals surface area contributed by atoms with Crippen LogP contribution in [0.5, 0.6) is 0 Å². The summed E-state index contributed by atoms with van der Waals surface area (Å²) in [7, 11) is 0. The van der Waals surface area contributed by atoms with Gasteiger partial charge < -0.3 is 31.7 Å². The van der Waals surface area contributed by atoms with Gasteiger partial charge in [0.05, 0.1) is 6.04 Å². The van der Waals surface area contributed by atoms with Crippen molar-refractivity contribution in [1.29, 1.82) is 0 Å². The first kappa shape index (κ1) is 35.1. The minimum atomic E-state index is -1.14. The predicted octanol–water partition coefficient (Wildman–Crippen LogP) is 1.54. The standard InChI is InChI=1S/C30H47N5O6S/c1-18(2)16-22(26(36)32-21(30(40)41)13-15-42-5)33-27(37)23(17-20-10-7-6-8-11-20)34-28(38)24-12-9-14-35(24)29(39)25(31)19(3)4/h6-8,10-11,18-19,21-25H,9,12-17,31H2,1-5H3,(H,32,36)(H,33,37)(H,34,38)(H,40,41)/t21-,22+,23+,24+,25+/m1/s1. The van der Waals surface area contributed by atoms with Crippen LogP contribution in [0.3, 0.4) is 0 Å². The quantitative estimate of drug-likeness (QED) is 0.189. The highest BCUT2D eigenvalue weighted by molar-refractivity contribution is 7.98. The van der Waals surface area contributed by atoms with Crippen LogP contribution >= 0.6 is 11.8 Å². The van der Waals surface area contributed by atoms with Crippen LogP contribution in [-0.4, -0.2) is 88.4 Å². The highest BCUT2D eigenvalue weighted by Crippen LogP contribution is 2.20. The Balaban J connectivity index is 2.26. The predicted molar refractivity (Wildman–Crippen MR) is 164 cm³/mol. The number of nitrogens with zero attached hydrogens (tertiary/aromatic N) is 1. The first-order valence-corrected chi connectivity index (χ1v) is 16.0. The van der Waals surface area contributed by atoms with Crippen LogP contribution in [0.2, 0.25) is 0 Å². The molecule has 0 unspecified atom stereocenters. The Morgan fingerprint density at radius 3 is 2.17 bits per heavy atom. The Kier molecular flexibility index (Phi) is 14.3. The Labute approximate surface area is 253 Å². The van der Waals surface area contributed by atoms with Gasteiger partial charge in [-0.2, -0.15) is 11.8 Å². The molecular weight excluding hydrogens is 558 g/mol. The topological polar surface area (TPSA) is 171 Å². The summed E-state index contributed by atoms with van der Waals surface area (Å²) in [6.07, 6.45) is 3.62. The molecule has 0 spiro atoms. The van der Waals surface area contributed by atoms with Crippen molar-refractivity contribution in [3.8, 4) is 0 Å². The second-order valence-electron chi connectivity index (χ2n) is 11.6. The summed E-state index contributed by atoms with van der Waals surface area (Å²) < 4.78 is 0. The van der Waals surface area contributed by atoms with E-state index in [4.69, 9.17) is 5.73 Å². The molecule has 234 valence electrons. The van der Waals surface area contributed by atoms with Crippen molar-refractivity contribution in [2.45, 2.75) is 90.0 Å². The monoisotopic (exact) mass is 605 g/mol. The molecule has 1 aromatic carbocycles. The molecule has 4 amide bonds. The van der Waals surface area contributed by atoms with Gasteiger partial charge in [0.25, 0.3) is 0 Å². The first-order chi connectivity index (χ1) is 19.8. The number of amides is 4. The van der Waals surface area contributed by atoms with Crippen molar-refractivity contribution in [2.24, 2.45) is 17.6 Å². The van der Waals surface area contributed by atoms with E-state index in [2.05, 4.69) is 16.0 Å². The molecule has 11 nitrogen and oxygen atoms in total. The Morgan fingerprint density at radius 1 is 0.976 bits per heavy atom. The minimum Gasteiger partial charge on any atom is -0.480 e. The summed E-state index contributed by atoms with van der Waals surface area (Å²) in [6, 6.07) is 4.55. The van der Waals surface area contributed by atoms with Gasteiger partial charge in [0.2, 0.25) is 23.6 Å². The molecule has 1 aromatic rings. The number of likely N-dealkylation sites (tertiary alicyclic amines) is 1. The van der Waals surface area contributed by atoms with Gasteiger partial charge in [-0.1, -0.05) is 58.0 Å². The number of carboxylic acid groups (broad SMARTS) is 1. The number of hydrogen-bond acceptors (Lipinski definition) is 7. The summed E-state index contributed by atoms with van der Waals surface area (Å²) in [5.74, 6) is -2.59. The number of carbonyl (C=O) groups is 5. The Morgan fingerprint density at radius 2 is 1.60 bits per heavy atom. The highest BCUT2D eigenvalue weighted by atomic mass is 32.2. The molecule has 1 aliphatic heterocycles. The maximum atomic E-state index is 13.7. The SMILES string of the molecule is CSCC[C@@H](NC(=O)[C@H](CC(C)C)NC(=O)[C@H](Cc1ccccc1)NC(=O)[C@@H]1CCCN1C(=O)[C@@H](N)C(C)C)C(=O)O. The summed E-state index contributed by atoms with van der Waals surface area (Å²) in [5, 5.41) is 17.7. The number of rotatable bonds is 16. The van der Waals surface area contributed by atoms with Crippen molar-refractivity contribution in [3.63, 3.8) is 0 Å². The molecule has 12 heteroatoms. The third-order valence-electron chi connectivity index (χ3n) is 7.32. The number of benzene rings is 1. The van der Waals surface area contributed by atoms with Gasteiger partial charge in [-0.05, 0) is 55.1 Å². The Hall–Kier alpha value is -3.12. The zero-order chi connectivity index (χ0) is 31.4. The van der Waals surface area contributed by atoms with Crippen LogP contribution in [0.1, 0.15) is 58.9 Å². The minimum absolute atomic E-state index is 0.0147. The molecule has 42 heavy (non-hydrogen) atoms. The van der Waals surface area contributed by atoms with Gasteiger partial charge in [0.1, 0.15) is 24.2 Å². The van der Waals surface area contributed by atoms with Crippen molar-refractivity contribution >= 4 is 41.4 Å². The summed E-state index contributed by atoms with van der Waals surface area (Å²) in [4.78, 5) is 66.6. The lowest BCUT2D eigenvalue weighted by Gasteiger charge is -2.30. The fourth-order valence-electron chi connectivity index (χ4n) is 4.85. The van der Waals surface area contributed by atoms with Crippen LogP contribution in [0.15, 0.2) is 30.3 Å². The van der Waals surface area contributed by atoms with E-state index in [1.54, 1.807) is 0 Å². The van der Waals surface area contributed by atoms with Crippen molar-refractivity contribution in [1.82, 2.24) is 20.9 Å². The lowest BCUT2D eigenvalue weighted by molar-refractivity contribution is -0.142. The molecule has 5 atom stereocenters. The lowest BCUT2D eigenvalue weighted by Crippen LogP contribution is -2.59. The summed E-state index contributed by atoms with van der Waals surface area (Å²) in [5.41, 5.74) is 6.89. The molecule has 0 bridgehead atoms. The zero-order valence-electron chi connectivity index (χ0n) is 25.3. The molecule has 0 saturated carbocycles. The number of hydrogen-bond donors (Lipinski definition) is 5. The maximum absolute atomic E-state index is 13.7. The smallest absolute Gasteiger partial charge is 0.326 e. The van der Waals surface area contributed by atoms with Crippen molar-refractivity contribution < 1.29 is 29.1 Å². The third-order valence-corrected chi connectivity index (χ3v) is 7.97. The number of carbonyl (C=O) groups excluding carboxylic acids is 4. The molecule has 1 heterocycles. The normalized spacial score (nSPS) is 17.8. The molecule has 1 fully saturated rings. The van der Waals surface area contributed by atoms with E-state index in [1.165, 1.54) is 16.7 Å². The molecule has 2 rings (SSSR count). The van der Waals surface area contributed by atoms with Crippen LogP contribution in [0.4, 0.5) is 0 Å². The average molecular weight is 606 g/mol. The van der Waals surface area contributed by atoms with Gasteiger partial charge in [-0.25, -0.2) is 4.79 Å². The average Bonchev–Trinajstić information content (AvgIpc) is 3.44. The second kappa shape index (κ2) is 17.1. The fraction of sp³-hybridized carbons (Fsp3) is 0.633. The molecule has 1 saturated heterocycles. The van der Waals surface area contributed by atoms with E-state index in [0.717, 1.165) is 5.56 Å². The van der Waals surface area contributed by atoms with Crippen molar-refractivity contribution in [3.05, 3.63) is 35.9 Å². The molecule has 6 N–H and O–H groups in total. The van der Waals surface area contributed by atoms with Gasteiger partial charge >= 0.3 is 5.97 Å². The van der Waals surface area contributed by atoms with E-state index >= 15 is 0 Å². The zero-order valence-corrected chi connectivity index (χ0v) is 26.1. The van der Waals surface area contributed by atoms with Gasteiger partial charge in [-0.3, -0.25) is 19.2 Å². The Bertz CT molecular complexity index is 1070. The number of aliphatic carboxylic acids is 1. The largest absolute Gasteiger partial charge is 0.480 e. The summed E-state index contributed by atoms with van der Waals surface area (Å²) >= 11 is 1.47. The summed E-state index contributed by atoms with van der Waals surface area (Å²) in [6.45, 7) is 7.89. The first-order valence-electron chi connectivity index (χ1n) is 14.6. The molecule has 0 radical (unpaired) electrons. The van der Waals surface area contributed by atoms with Crippen LogP contribution < -0.4 is 21.7 Å². The van der Waals surface area contributed by atoms with Crippen LogP contribution in [0, 0.1) is 11.8 Å². The molecule has 0 aliphatic carbocycles. The van der Waals surface area contributed by atoms with E-state index in [-0.39, 0.29) is 37.0 Å². The lowest BCUT2D eigenvalue weighted by atomic mass is 10.00. The van der Waals surface area contributed by atoms with Gasteiger partial charge in [0, 0.05) is 13.0 Å². The number of nitrogens with two attached hydrogens (primary N) is 1. The van der Waals surface area contributed by atoms with Crippen LogP contribution in [0.25, 0.3) is 0 Å². The molecule has 1 aliphatic rings. The number of nitrogens with one attached hydrogen (secondary N) is 3. The van der Waals surface area contributed by atoms with E-state index in [0.29, 0.717) is 25.1 Å². The number of carboxylic acids is 1. The fourth-order valence-corrected chi connectivity index (χ4v) is 5.32. The van der Waals surface area contributed by atoms with E-state index < -0.39 is 53.9 Å². The third kappa shape index (κ3) is 10.6. The number of thioether (sulfide) groups is 1. The molecule has 0 aromatic heterocycles. The van der Waals surface area contributed by atoms with E-state index in [1.807, 2.05) is 64.3 Å². The second-order valence-corrected chi connectivity index (χ2v) is 12.6. The van der Waals surface area contributed by atoms with Crippen LogP contribution in [-0.2, 0) is 30.4 Å². The van der Waals surface area contributed by atoms with Crippen molar-refractivity contribution in [2.75, 3.05) is 18.6 Å².